The van der Waals surface area contributed by atoms with Crippen molar-refractivity contribution in [2.45, 2.75) is 0 Å². The van der Waals surface area contributed by atoms with Gasteiger partial charge in [0.15, 0.2) is 0 Å². The van der Waals surface area contributed by atoms with Gasteiger partial charge in [-0.1, -0.05) is 42.5 Å². The van der Waals surface area contributed by atoms with Crippen LogP contribution in [0, 0.1) is 0 Å². The third-order valence-corrected chi connectivity index (χ3v) is 2.57. The minimum absolute atomic E-state index is 0.409. The fourth-order valence-corrected chi connectivity index (χ4v) is 1.71. The van der Waals surface area contributed by atoms with Crippen molar-refractivity contribution < 1.29 is 9.59 Å². The summed E-state index contributed by atoms with van der Waals surface area (Å²) in [5, 5.41) is 0. The van der Waals surface area contributed by atoms with E-state index in [4.69, 9.17) is 5.73 Å². The third kappa shape index (κ3) is 2.38. The number of benzene rings is 2. The van der Waals surface area contributed by atoms with Gasteiger partial charge in [-0.05, 0) is 23.3 Å². The highest BCUT2D eigenvalue weighted by Gasteiger charge is 2.11. The monoisotopic (exact) mass is 240 g/mol. The average molecular weight is 240 g/mol. The van der Waals surface area contributed by atoms with Gasteiger partial charge in [-0.2, -0.15) is 0 Å². The maximum atomic E-state index is 11.1. The van der Waals surface area contributed by atoms with Gasteiger partial charge in [-0.25, -0.2) is 9.69 Å². The third-order valence-electron chi connectivity index (χ3n) is 2.57. The number of urea groups is 1. The van der Waals surface area contributed by atoms with Gasteiger partial charge in [0.2, 0.25) is 6.41 Å². The molecule has 2 rings (SSSR count). The van der Waals surface area contributed by atoms with E-state index in [-0.39, 0.29) is 0 Å². The Hall–Kier alpha value is -2.62. The zero-order valence-corrected chi connectivity index (χ0v) is 9.61. The predicted octanol–water partition coefficient (Wildman–Crippen LogP) is 2.40. The van der Waals surface area contributed by atoms with Crippen molar-refractivity contribution in [1.82, 2.24) is 0 Å². The van der Waals surface area contributed by atoms with Gasteiger partial charge >= 0.3 is 6.03 Å². The number of anilines is 1. The Morgan fingerprint density at radius 1 is 1.00 bits per heavy atom. The zero-order chi connectivity index (χ0) is 13.0. The Morgan fingerprint density at radius 3 is 2.28 bits per heavy atom. The molecule has 0 radical (unpaired) electrons. The van der Waals surface area contributed by atoms with Gasteiger partial charge in [-0.3, -0.25) is 4.79 Å². The molecule has 0 aliphatic carbocycles. The summed E-state index contributed by atoms with van der Waals surface area (Å²) in [7, 11) is 0. The largest absolute Gasteiger partial charge is 0.351 e. The van der Waals surface area contributed by atoms with Crippen LogP contribution in [-0.4, -0.2) is 12.4 Å². The maximum absolute atomic E-state index is 11.1. The van der Waals surface area contributed by atoms with Crippen LogP contribution < -0.4 is 10.6 Å². The van der Waals surface area contributed by atoms with Crippen molar-refractivity contribution in [3.63, 3.8) is 0 Å². The number of hydrogen-bond donors (Lipinski definition) is 1. The molecule has 0 aliphatic rings. The molecule has 0 saturated carbocycles. The second-order valence-corrected chi connectivity index (χ2v) is 3.73. The molecule has 2 aromatic carbocycles. The quantitative estimate of drug-likeness (QED) is 0.837. The first-order chi connectivity index (χ1) is 8.72. The van der Waals surface area contributed by atoms with E-state index in [0.29, 0.717) is 12.1 Å². The first kappa shape index (κ1) is 11.9. The fraction of sp³-hybridized carbons (Fsp3) is 0. The van der Waals surface area contributed by atoms with E-state index in [9.17, 15) is 9.59 Å². The number of nitrogens with two attached hydrogens (primary N) is 1. The van der Waals surface area contributed by atoms with Crippen molar-refractivity contribution >= 4 is 18.1 Å². The SMILES string of the molecule is NC(=O)N(C=O)c1cccc(-c2ccccc2)c1. The van der Waals surface area contributed by atoms with Crippen LogP contribution in [0.15, 0.2) is 54.6 Å². The minimum atomic E-state index is -0.796. The normalized spacial score (nSPS) is 9.78. The lowest BCUT2D eigenvalue weighted by Gasteiger charge is -2.13. The fourth-order valence-electron chi connectivity index (χ4n) is 1.71. The first-order valence-electron chi connectivity index (χ1n) is 5.42. The van der Waals surface area contributed by atoms with Crippen LogP contribution in [-0.2, 0) is 4.79 Å². The molecule has 2 aromatic rings. The van der Waals surface area contributed by atoms with E-state index in [0.717, 1.165) is 16.0 Å². The summed E-state index contributed by atoms with van der Waals surface area (Å²) < 4.78 is 0. The van der Waals surface area contributed by atoms with Gasteiger partial charge in [0.1, 0.15) is 0 Å². The van der Waals surface area contributed by atoms with E-state index >= 15 is 0 Å². The lowest BCUT2D eigenvalue weighted by molar-refractivity contribution is -0.106. The molecule has 0 spiro atoms. The standard InChI is InChI=1S/C14H12N2O2/c15-14(18)16(10-17)13-8-4-7-12(9-13)11-5-2-1-3-6-11/h1-10H,(H2,15,18). The molecule has 0 unspecified atom stereocenters. The summed E-state index contributed by atoms with van der Waals surface area (Å²) in [5.41, 5.74) is 7.51. The van der Waals surface area contributed by atoms with Crippen molar-refractivity contribution in [2.75, 3.05) is 4.90 Å². The molecule has 0 aromatic heterocycles. The van der Waals surface area contributed by atoms with Crippen molar-refractivity contribution in [3.05, 3.63) is 54.6 Å². The number of primary amides is 1. The predicted molar refractivity (Wildman–Crippen MR) is 70.0 cm³/mol. The van der Waals surface area contributed by atoms with Crippen LogP contribution in [0.25, 0.3) is 11.1 Å². The molecule has 4 heteroatoms. The minimum Gasteiger partial charge on any atom is -0.351 e. The highest BCUT2D eigenvalue weighted by molar-refractivity contribution is 6.05. The Kier molecular flexibility index (Phi) is 3.38. The summed E-state index contributed by atoms with van der Waals surface area (Å²) in [4.78, 5) is 22.8. The Bertz CT molecular complexity index is 567. The molecular weight excluding hydrogens is 228 g/mol. The van der Waals surface area contributed by atoms with E-state index in [1.54, 1.807) is 18.2 Å². The highest BCUT2D eigenvalue weighted by atomic mass is 16.2. The number of imide groups is 1. The molecule has 0 atom stereocenters. The molecule has 18 heavy (non-hydrogen) atoms. The molecule has 0 fully saturated rings. The van der Waals surface area contributed by atoms with Crippen molar-refractivity contribution in [3.8, 4) is 11.1 Å². The van der Waals surface area contributed by atoms with E-state index < -0.39 is 6.03 Å². The van der Waals surface area contributed by atoms with Gasteiger partial charge in [-0.15, -0.1) is 0 Å². The van der Waals surface area contributed by atoms with Gasteiger partial charge in [0.25, 0.3) is 0 Å². The van der Waals surface area contributed by atoms with E-state index in [1.807, 2.05) is 36.4 Å². The molecule has 0 bridgehead atoms. The summed E-state index contributed by atoms with van der Waals surface area (Å²) in [6, 6.07) is 16.0. The van der Waals surface area contributed by atoms with Crippen molar-refractivity contribution in [2.24, 2.45) is 5.73 Å². The van der Waals surface area contributed by atoms with Crippen LogP contribution in [0.5, 0.6) is 0 Å². The van der Waals surface area contributed by atoms with Crippen LogP contribution in [0.2, 0.25) is 0 Å². The number of carbonyl (C=O) groups excluding carboxylic acids is 2. The van der Waals surface area contributed by atoms with Crippen LogP contribution in [0.4, 0.5) is 10.5 Å². The lowest BCUT2D eigenvalue weighted by atomic mass is 10.1. The molecule has 0 heterocycles. The molecule has 2 N–H and O–H groups in total. The van der Waals surface area contributed by atoms with E-state index in [2.05, 4.69) is 0 Å². The van der Waals surface area contributed by atoms with E-state index in [1.165, 1.54) is 0 Å². The second-order valence-electron chi connectivity index (χ2n) is 3.73. The second kappa shape index (κ2) is 5.14. The number of hydrogen-bond acceptors (Lipinski definition) is 2. The number of nitrogens with zero attached hydrogens (tertiary/aromatic N) is 1. The van der Waals surface area contributed by atoms with Crippen LogP contribution in [0.1, 0.15) is 0 Å². The lowest BCUT2D eigenvalue weighted by Crippen LogP contribution is -2.34. The topological polar surface area (TPSA) is 63.4 Å². The molecular formula is C14H12N2O2. The average Bonchev–Trinajstić information content (AvgIpc) is 2.40. The van der Waals surface area contributed by atoms with Gasteiger partial charge < -0.3 is 5.73 Å². The van der Waals surface area contributed by atoms with Crippen LogP contribution in [0.3, 0.4) is 0 Å². The number of amides is 3. The Morgan fingerprint density at radius 2 is 1.67 bits per heavy atom. The molecule has 0 aliphatic heterocycles. The van der Waals surface area contributed by atoms with Gasteiger partial charge in [0.05, 0.1) is 5.69 Å². The zero-order valence-electron chi connectivity index (χ0n) is 9.61. The van der Waals surface area contributed by atoms with Crippen molar-refractivity contribution in [1.29, 1.82) is 0 Å². The molecule has 4 nitrogen and oxygen atoms in total. The number of carbonyl (C=O) groups is 2. The Balaban J connectivity index is 2.42. The summed E-state index contributed by atoms with van der Waals surface area (Å²) in [6.07, 6.45) is 0.409. The van der Waals surface area contributed by atoms with Gasteiger partial charge in [0, 0.05) is 0 Å². The number of rotatable bonds is 3. The Labute approximate surface area is 105 Å². The highest BCUT2D eigenvalue weighted by Crippen LogP contribution is 2.23. The smallest absolute Gasteiger partial charge is 0.325 e. The maximum Gasteiger partial charge on any atom is 0.325 e. The summed E-state index contributed by atoms with van der Waals surface area (Å²) in [5.74, 6) is 0. The summed E-state index contributed by atoms with van der Waals surface area (Å²) >= 11 is 0. The molecule has 90 valence electrons. The first-order valence-corrected chi connectivity index (χ1v) is 5.42. The summed E-state index contributed by atoms with van der Waals surface area (Å²) in [6.45, 7) is 0. The molecule has 0 saturated heterocycles. The molecule has 3 amide bonds. The van der Waals surface area contributed by atoms with Crippen LogP contribution >= 0.6 is 0 Å².